The van der Waals surface area contributed by atoms with E-state index >= 15 is 0 Å². The number of anilines is 1. The van der Waals surface area contributed by atoms with Crippen molar-refractivity contribution < 1.29 is 4.74 Å². The van der Waals surface area contributed by atoms with Gasteiger partial charge in [0.25, 0.3) is 0 Å². The normalized spacial score (nSPS) is 16.7. The maximum atomic E-state index is 5.72. The number of ether oxygens (including phenoxy) is 1. The van der Waals surface area contributed by atoms with Gasteiger partial charge in [0, 0.05) is 45.0 Å². The minimum Gasteiger partial charge on any atom is -0.493 e. The Morgan fingerprint density at radius 3 is 2.30 bits per heavy atom. The predicted molar refractivity (Wildman–Crippen MR) is 84.5 cm³/mol. The second-order valence-electron chi connectivity index (χ2n) is 5.82. The molecule has 1 aliphatic rings. The highest BCUT2D eigenvalue weighted by Crippen LogP contribution is 2.21. The fourth-order valence-electron chi connectivity index (χ4n) is 2.43. The SMILES string of the molecule is CC(C)COc1ccc(N2CCN(CCN)CC2)cc1. The van der Waals surface area contributed by atoms with E-state index in [1.807, 2.05) is 0 Å². The molecule has 20 heavy (non-hydrogen) atoms. The third-order valence-corrected chi connectivity index (χ3v) is 3.60. The summed E-state index contributed by atoms with van der Waals surface area (Å²) in [5, 5.41) is 0. The van der Waals surface area contributed by atoms with E-state index in [4.69, 9.17) is 10.5 Å². The Morgan fingerprint density at radius 2 is 1.75 bits per heavy atom. The molecule has 1 heterocycles. The minimum absolute atomic E-state index is 0.560. The first-order chi connectivity index (χ1) is 9.69. The molecule has 0 aliphatic carbocycles. The van der Waals surface area contributed by atoms with Gasteiger partial charge in [0.05, 0.1) is 6.61 Å². The average molecular weight is 277 g/mol. The summed E-state index contributed by atoms with van der Waals surface area (Å²) < 4.78 is 5.72. The maximum Gasteiger partial charge on any atom is 0.119 e. The van der Waals surface area contributed by atoms with E-state index in [1.165, 1.54) is 5.69 Å². The first kappa shape index (κ1) is 15.1. The number of rotatable bonds is 6. The van der Waals surface area contributed by atoms with Gasteiger partial charge in [-0.1, -0.05) is 13.8 Å². The summed E-state index contributed by atoms with van der Waals surface area (Å²) >= 11 is 0. The summed E-state index contributed by atoms with van der Waals surface area (Å²) in [4.78, 5) is 4.86. The van der Waals surface area contributed by atoms with Gasteiger partial charge >= 0.3 is 0 Å². The van der Waals surface area contributed by atoms with Crippen molar-refractivity contribution in [2.24, 2.45) is 11.7 Å². The lowest BCUT2D eigenvalue weighted by Gasteiger charge is -2.35. The van der Waals surface area contributed by atoms with Crippen LogP contribution in [0.5, 0.6) is 5.75 Å². The van der Waals surface area contributed by atoms with Crippen molar-refractivity contribution in [3.63, 3.8) is 0 Å². The molecular formula is C16H27N3O. The number of piperazine rings is 1. The Kier molecular flexibility index (Phi) is 5.68. The van der Waals surface area contributed by atoms with Crippen LogP contribution >= 0.6 is 0 Å². The maximum absolute atomic E-state index is 5.72. The highest BCUT2D eigenvalue weighted by molar-refractivity contribution is 5.49. The van der Waals surface area contributed by atoms with Crippen LogP contribution in [-0.4, -0.2) is 50.8 Å². The molecule has 0 radical (unpaired) electrons. The Bertz CT molecular complexity index is 383. The molecule has 0 aromatic heterocycles. The molecular weight excluding hydrogens is 250 g/mol. The van der Waals surface area contributed by atoms with Gasteiger partial charge in [-0.15, -0.1) is 0 Å². The molecule has 112 valence electrons. The zero-order valence-electron chi connectivity index (χ0n) is 12.7. The van der Waals surface area contributed by atoms with Gasteiger partial charge in [-0.05, 0) is 30.2 Å². The van der Waals surface area contributed by atoms with Crippen molar-refractivity contribution in [1.29, 1.82) is 0 Å². The standard InChI is InChI=1S/C16H27N3O/c1-14(2)13-20-16-5-3-15(4-6-16)19-11-9-18(8-7-17)10-12-19/h3-6,14H,7-13,17H2,1-2H3. The number of nitrogens with two attached hydrogens (primary N) is 1. The van der Waals surface area contributed by atoms with Crippen molar-refractivity contribution in [2.75, 3.05) is 50.8 Å². The molecule has 1 saturated heterocycles. The first-order valence-electron chi connectivity index (χ1n) is 7.59. The van der Waals surface area contributed by atoms with Gasteiger partial charge in [-0.25, -0.2) is 0 Å². The molecule has 0 spiro atoms. The Hall–Kier alpha value is -1.26. The smallest absolute Gasteiger partial charge is 0.119 e. The van der Waals surface area contributed by atoms with E-state index in [0.29, 0.717) is 5.92 Å². The molecule has 1 aromatic rings. The molecule has 0 saturated carbocycles. The van der Waals surface area contributed by atoms with Gasteiger partial charge in [-0.2, -0.15) is 0 Å². The van der Waals surface area contributed by atoms with E-state index in [0.717, 1.165) is 51.6 Å². The van der Waals surface area contributed by atoms with Crippen molar-refractivity contribution in [2.45, 2.75) is 13.8 Å². The zero-order valence-corrected chi connectivity index (χ0v) is 12.7. The summed E-state index contributed by atoms with van der Waals surface area (Å²) in [6.45, 7) is 11.2. The predicted octanol–water partition coefficient (Wildman–Crippen LogP) is 1.80. The summed E-state index contributed by atoms with van der Waals surface area (Å²) in [6, 6.07) is 8.47. The Balaban J connectivity index is 1.84. The fraction of sp³-hybridized carbons (Fsp3) is 0.625. The van der Waals surface area contributed by atoms with Gasteiger partial charge < -0.3 is 15.4 Å². The van der Waals surface area contributed by atoms with Crippen molar-refractivity contribution in [3.8, 4) is 5.75 Å². The summed E-state index contributed by atoms with van der Waals surface area (Å²) in [5.74, 6) is 1.52. The van der Waals surface area contributed by atoms with E-state index < -0.39 is 0 Å². The number of nitrogens with zero attached hydrogens (tertiary/aromatic N) is 2. The van der Waals surface area contributed by atoms with Crippen LogP contribution in [0, 0.1) is 5.92 Å². The van der Waals surface area contributed by atoms with Crippen molar-refractivity contribution in [1.82, 2.24) is 4.90 Å². The Labute approximate surface area is 122 Å². The number of hydrogen-bond acceptors (Lipinski definition) is 4. The third-order valence-electron chi connectivity index (χ3n) is 3.60. The fourth-order valence-corrected chi connectivity index (χ4v) is 2.43. The zero-order chi connectivity index (χ0) is 14.4. The van der Waals surface area contributed by atoms with Crippen LogP contribution in [0.15, 0.2) is 24.3 Å². The minimum atomic E-state index is 0.560. The lowest BCUT2D eigenvalue weighted by atomic mass is 10.2. The van der Waals surface area contributed by atoms with E-state index in [9.17, 15) is 0 Å². The van der Waals surface area contributed by atoms with E-state index in [1.54, 1.807) is 0 Å². The topological polar surface area (TPSA) is 41.7 Å². The Morgan fingerprint density at radius 1 is 1.10 bits per heavy atom. The highest BCUT2D eigenvalue weighted by Gasteiger charge is 2.16. The highest BCUT2D eigenvalue weighted by atomic mass is 16.5. The van der Waals surface area contributed by atoms with Crippen molar-refractivity contribution >= 4 is 5.69 Å². The van der Waals surface area contributed by atoms with Gasteiger partial charge in [-0.3, -0.25) is 4.90 Å². The number of hydrogen-bond donors (Lipinski definition) is 1. The average Bonchev–Trinajstić information content (AvgIpc) is 2.47. The summed E-state index contributed by atoms with van der Waals surface area (Å²) in [5.41, 5.74) is 6.89. The van der Waals surface area contributed by atoms with Gasteiger partial charge in [0.2, 0.25) is 0 Å². The lowest BCUT2D eigenvalue weighted by Crippen LogP contribution is -2.47. The molecule has 0 atom stereocenters. The van der Waals surface area contributed by atoms with Crippen LogP contribution < -0.4 is 15.4 Å². The molecule has 2 N–H and O–H groups in total. The first-order valence-corrected chi connectivity index (χ1v) is 7.59. The van der Waals surface area contributed by atoms with Crippen LogP contribution in [0.2, 0.25) is 0 Å². The molecule has 0 amide bonds. The van der Waals surface area contributed by atoms with Gasteiger partial charge in [0.1, 0.15) is 5.75 Å². The summed E-state index contributed by atoms with van der Waals surface area (Å²) in [6.07, 6.45) is 0. The molecule has 4 heteroatoms. The third kappa shape index (κ3) is 4.39. The molecule has 1 aliphatic heterocycles. The summed E-state index contributed by atoms with van der Waals surface area (Å²) in [7, 11) is 0. The van der Waals surface area contributed by atoms with Gasteiger partial charge in [0.15, 0.2) is 0 Å². The van der Waals surface area contributed by atoms with Crippen LogP contribution in [0.25, 0.3) is 0 Å². The van der Waals surface area contributed by atoms with E-state index in [-0.39, 0.29) is 0 Å². The second-order valence-corrected chi connectivity index (χ2v) is 5.82. The van der Waals surface area contributed by atoms with E-state index in [2.05, 4.69) is 47.9 Å². The second kappa shape index (κ2) is 7.50. The van der Waals surface area contributed by atoms with Crippen LogP contribution in [0.3, 0.4) is 0 Å². The molecule has 1 aromatic carbocycles. The van der Waals surface area contributed by atoms with Crippen LogP contribution in [0.1, 0.15) is 13.8 Å². The quantitative estimate of drug-likeness (QED) is 0.861. The largest absolute Gasteiger partial charge is 0.493 e. The lowest BCUT2D eigenvalue weighted by molar-refractivity contribution is 0.264. The van der Waals surface area contributed by atoms with Crippen molar-refractivity contribution in [3.05, 3.63) is 24.3 Å². The molecule has 0 bridgehead atoms. The molecule has 4 nitrogen and oxygen atoms in total. The van der Waals surface area contributed by atoms with Crippen LogP contribution in [0.4, 0.5) is 5.69 Å². The number of benzene rings is 1. The monoisotopic (exact) mass is 277 g/mol. The molecule has 2 rings (SSSR count). The molecule has 0 unspecified atom stereocenters. The molecule has 1 fully saturated rings. The van der Waals surface area contributed by atoms with Crippen LogP contribution in [-0.2, 0) is 0 Å².